The number of hydrogen-bond donors (Lipinski definition) is 0. The molecule has 2 aliphatic carbocycles. The molecule has 2 aromatic rings. The van der Waals surface area contributed by atoms with Crippen LogP contribution < -0.4 is 4.74 Å². The van der Waals surface area contributed by atoms with Gasteiger partial charge in [0.05, 0.1) is 0 Å². The molecule has 0 saturated heterocycles. The lowest BCUT2D eigenvalue weighted by molar-refractivity contribution is -0.154. The van der Waals surface area contributed by atoms with Crippen LogP contribution in [-0.4, -0.2) is 12.8 Å². The van der Waals surface area contributed by atoms with E-state index >= 15 is 0 Å². The largest absolute Gasteiger partial charge is 0.478 e. The molecule has 0 N–H and O–H groups in total. The van der Waals surface area contributed by atoms with Crippen molar-refractivity contribution in [3.63, 3.8) is 0 Å². The van der Waals surface area contributed by atoms with E-state index in [9.17, 15) is 22.0 Å². The van der Waals surface area contributed by atoms with Crippen molar-refractivity contribution in [2.45, 2.75) is 70.4 Å². The highest BCUT2D eigenvalue weighted by molar-refractivity contribution is 5.65. The second-order valence-electron chi connectivity index (χ2n) is 9.79. The summed E-state index contributed by atoms with van der Waals surface area (Å²) in [5, 5.41) is 0. The van der Waals surface area contributed by atoms with Crippen LogP contribution in [0.5, 0.6) is 5.75 Å². The Morgan fingerprint density at radius 1 is 0.848 bits per heavy atom. The van der Waals surface area contributed by atoms with Crippen molar-refractivity contribution in [1.82, 2.24) is 0 Å². The third-order valence-corrected chi connectivity index (χ3v) is 7.51. The summed E-state index contributed by atoms with van der Waals surface area (Å²) in [5.74, 6) is -0.227. The van der Waals surface area contributed by atoms with Crippen LogP contribution in [0.2, 0.25) is 0 Å². The predicted molar refractivity (Wildman–Crippen MR) is 119 cm³/mol. The van der Waals surface area contributed by atoms with Crippen molar-refractivity contribution in [3.05, 3.63) is 53.6 Å². The van der Waals surface area contributed by atoms with Crippen molar-refractivity contribution in [3.8, 4) is 16.9 Å². The monoisotopic (exact) mass is 466 g/mol. The number of benzene rings is 2. The highest BCUT2D eigenvalue weighted by Crippen LogP contribution is 2.48. The fourth-order valence-electron chi connectivity index (χ4n) is 5.93. The van der Waals surface area contributed by atoms with E-state index in [-0.39, 0.29) is 5.56 Å². The molecule has 33 heavy (non-hydrogen) atoms. The molecule has 0 amide bonds. The van der Waals surface area contributed by atoms with Gasteiger partial charge < -0.3 is 4.74 Å². The highest BCUT2D eigenvalue weighted by Gasteiger charge is 2.35. The summed E-state index contributed by atoms with van der Waals surface area (Å²) in [6, 6.07) is 9.75. The maximum Gasteiger partial charge on any atom is 0.422 e. The lowest BCUT2D eigenvalue weighted by Gasteiger charge is -2.42. The summed E-state index contributed by atoms with van der Waals surface area (Å²) in [5.41, 5.74) is 2.14. The molecule has 0 spiro atoms. The first-order valence-corrected chi connectivity index (χ1v) is 12.0. The van der Waals surface area contributed by atoms with Gasteiger partial charge in [0.1, 0.15) is 0 Å². The zero-order chi connectivity index (χ0) is 23.6. The van der Waals surface area contributed by atoms with Crippen LogP contribution in [0.4, 0.5) is 22.0 Å². The van der Waals surface area contributed by atoms with Crippen molar-refractivity contribution < 1.29 is 26.7 Å². The minimum atomic E-state index is -4.67. The van der Waals surface area contributed by atoms with E-state index in [2.05, 4.69) is 11.7 Å². The summed E-state index contributed by atoms with van der Waals surface area (Å²) in [7, 11) is 0. The van der Waals surface area contributed by atoms with Crippen LogP contribution in [0, 0.1) is 29.4 Å². The normalized spacial score (nSPS) is 25.5. The molecule has 2 saturated carbocycles. The fraction of sp³-hybridized carbons (Fsp3) is 0.556. The van der Waals surface area contributed by atoms with Crippen molar-refractivity contribution in [1.29, 1.82) is 0 Å². The fourth-order valence-corrected chi connectivity index (χ4v) is 5.93. The van der Waals surface area contributed by atoms with E-state index in [0.29, 0.717) is 11.5 Å². The van der Waals surface area contributed by atoms with Crippen LogP contribution in [0.25, 0.3) is 11.1 Å². The molecule has 4 rings (SSSR count). The maximum atomic E-state index is 14.2. The molecule has 2 aliphatic rings. The number of fused-ring (bicyclic) bond motifs is 1. The van der Waals surface area contributed by atoms with E-state index in [4.69, 9.17) is 0 Å². The molecule has 1 unspecified atom stereocenters. The van der Waals surface area contributed by atoms with Gasteiger partial charge in [0, 0.05) is 0 Å². The topological polar surface area (TPSA) is 9.23 Å². The second kappa shape index (κ2) is 10.0. The van der Waals surface area contributed by atoms with Gasteiger partial charge in [-0.3, -0.25) is 0 Å². The molecule has 6 heteroatoms. The van der Waals surface area contributed by atoms with E-state index in [1.54, 1.807) is 0 Å². The van der Waals surface area contributed by atoms with Crippen LogP contribution in [0.3, 0.4) is 0 Å². The Bertz CT molecular complexity index is 914. The summed E-state index contributed by atoms with van der Waals surface area (Å²) in [4.78, 5) is 0. The van der Waals surface area contributed by atoms with Gasteiger partial charge in [0.2, 0.25) is 0 Å². The molecule has 0 bridgehead atoms. The highest BCUT2D eigenvalue weighted by atomic mass is 19.4. The van der Waals surface area contributed by atoms with Gasteiger partial charge in [0.15, 0.2) is 24.0 Å². The zero-order valence-corrected chi connectivity index (χ0v) is 18.9. The maximum absolute atomic E-state index is 14.2. The van der Waals surface area contributed by atoms with Gasteiger partial charge >= 0.3 is 6.18 Å². The summed E-state index contributed by atoms with van der Waals surface area (Å²) in [6.07, 6.45) is 5.66. The van der Waals surface area contributed by atoms with Gasteiger partial charge in [-0.25, -0.2) is 8.78 Å². The van der Waals surface area contributed by atoms with E-state index < -0.39 is 30.2 Å². The van der Waals surface area contributed by atoms with Crippen LogP contribution >= 0.6 is 0 Å². The minimum absolute atomic E-state index is 0.272. The predicted octanol–water partition coefficient (Wildman–Crippen LogP) is 8.67. The number of alkyl halides is 3. The Labute approximate surface area is 192 Å². The third-order valence-electron chi connectivity index (χ3n) is 7.51. The first kappa shape index (κ1) is 24.0. The standard InChI is InChI=1S/C27H31F5O/c1-2-3-17-4-5-22-13-21(11-10-20(22)12-17)18-6-8-19(9-7-18)23-14-24(28)26(25(29)15-23)33-16-27(30,31)32/h6-9,14-15,17,20-22H,2-5,10-13,16H2,1H3/t17?,20-,21-,22-/m1/s1. The molecule has 2 aromatic carbocycles. The third kappa shape index (κ3) is 5.88. The van der Waals surface area contributed by atoms with E-state index in [1.165, 1.54) is 56.9 Å². The molecule has 180 valence electrons. The molecular weight excluding hydrogens is 435 g/mol. The molecule has 0 radical (unpaired) electrons. The number of ether oxygens (including phenoxy) is 1. The SMILES string of the molecule is CCCC1CC[C@@H]2C[C@H](c3ccc(-c4cc(F)c(OCC(F)(F)F)c(F)c4)cc3)CC[C@@H]2C1. The van der Waals surface area contributed by atoms with Gasteiger partial charge in [-0.05, 0) is 84.6 Å². The summed E-state index contributed by atoms with van der Waals surface area (Å²) < 4.78 is 69.7. The average molecular weight is 467 g/mol. The van der Waals surface area contributed by atoms with E-state index in [1.807, 2.05) is 24.3 Å². The summed E-state index contributed by atoms with van der Waals surface area (Å²) >= 11 is 0. The molecule has 1 nitrogen and oxygen atoms in total. The van der Waals surface area contributed by atoms with Gasteiger partial charge in [-0.15, -0.1) is 0 Å². The van der Waals surface area contributed by atoms with Crippen LogP contribution in [0.1, 0.15) is 69.8 Å². The Morgan fingerprint density at radius 3 is 2.12 bits per heavy atom. The molecule has 2 fully saturated rings. The summed E-state index contributed by atoms with van der Waals surface area (Å²) in [6.45, 7) is 0.531. The Balaban J connectivity index is 1.42. The van der Waals surface area contributed by atoms with Gasteiger partial charge in [0.25, 0.3) is 0 Å². The first-order valence-electron chi connectivity index (χ1n) is 12.0. The number of hydrogen-bond acceptors (Lipinski definition) is 1. The molecular formula is C27H31F5O. The van der Waals surface area contributed by atoms with Crippen molar-refractivity contribution in [2.75, 3.05) is 6.61 Å². The Hall–Kier alpha value is -2.11. The zero-order valence-electron chi connectivity index (χ0n) is 18.9. The Morgan fingerprint density at radius 2 is 1.48 bits per heavy atom. The minimum Gasteiger partial charge on any atom is -0.478 e. The van der Waals surface area contributed by atoms with Crippen molar-refractivity contribution in [2.24, 2.45) is 17.8 Å². The smallest absolute Gasteiger partial charge is 0.422 e. The van der Waals surface area contributed by atoms with Crippen molar-refractivity contribution >= 4 is 0 Å². The molecule has 0 heterocycles. The molecule has 0 aromatic heterocycles. The van der Waals surface area contributed by atoms with E-state index in [0.717, 1.165) is 29.9 Å². The quantitative estimate of drug-likeness (QED) is 0.387. The second-order valence-corrected chi connectivity index (χ2v) is 9.79. The first-order chi connectivity index (χ1) is 15.7. The number of halogens is 5. The van der Waals surface area contributed by atoms with Gasteiger partial charge in [-0.2, -0.15) is 13.2 Å². The van der Waals surface area contributed by atoms with Gasteiger partial charge in [-0.1, -0.05) is 50.5 Å². The molecule has 0 aliphatic heterocycles. The van der Waals surface area contributed by atoms with Crippen LogP contribution in [0.15, 0.2) is 36.4 Å². The lowest BCUT2D eigenvalue weighted by Crippen LogP contribution is -2.30. The molecule has 4 atom stereocenters. The average Bonchev–Trinajstić information content (AvgIpc) is 2.77. The van der Waals surface area contributed by atoms with Crippen LogP contribution in [-0.2, 0) is 0 Å². The lowest BCUT2D eigenvalue weighted by atomic mass is 9.63. The number of rotatable bonds is 6. The Kier molecular flexibility index (Phi) is 7.30.